The van der Waals surface area contributed by atoms with E-state index >= 15 is 0 Å². The van der Waals surface area contributed by atoms with Crippen molar-refractivity contribution in [2.75, 3.05) is 15.4 Å². The summed E-state index contributed by atoms with van der Waals surface area (Å²) in [6.45, 7) is 3.27. The fourth-order valence-electron chi connectivity index (χ4n) is 3.60. The van der Waals surface area contributed by atoms with E-state index in [-0.39, 0.29) is 39.2 Å². The predicted molar refractivity (Wildman–Crippen MR) is 121 cm³/mol. The number of hydrogen-bond acceptors (Lipinski definition) is 9. The summed E-state index contributed by atoms with van der Waals surface area (Å²) in [6.07, 6.45) is 3.74. The first kappa shape index (κ1) is 22.4. The molecule has 0 spiro atoms. The van der Waals surface area contributed by atoms with Crippen LogP contribution >= 0.6 is 10.8 Å². The average Bonchev–Trinajstić information content (AvgIpc) is 2.72. The lowest BCUT2D eigenvalue weighted by Gasteiger charge is -2.49. The minimum absolute atomic E-state index is 0.00249. The van der Waals surface area contributed by atoms with Crippen molar-refractivity contribution in [3.63, 3.8) is 0 Å². The van der Waals surface area contributed by atoms with Gasteiger partial charge in [0.15, 0.2) is 0 Å². The van der Waals surface area contributed by atoms with Crippen molar-refractivity contribution in [2.24, 2.45) is 0 Å². The maximum Gasteiger partial charge on any atom is 0.222 e. The highest BCUT2D eigenvalue weighted by molar-refractivity contribution is 8.25. The summed E-state index contributed by atoms with van der Waals surface area (Å²) in [5.41, 5.74) is 6.75. The van der Waals surface area contributed by atoms with Crippen LogP contribution in [0.25, 0.3) is 6.08 Å². The van der Waals surface area contributed by atoms with E-state index in [1.54, 1.807) is 19.9 Å². The summed E-state index contributed by atoms with van der Waals surface area (Å²) in [5, 5.41) is 12.5. The Labute approximate surface area is 189 Å². The molecule has 4 rings (SSSR count). The first-order chi connectivity index (χ1) is 15.6. The van der Waals surface area contributed by atoms with Crippen LogP contribution in [-0.2, 0) is 0 Å². The van der Waals surface area contributed by atoms with E-state index in [0.29, 0.717) is 5.69 Å². The van der Waals surface area contributed by atoms with Crippen molar-refractivity contribution in [3.05, 3.63) is 70.8 Å². The Bertz CT molecular complexity index is 1330. The van der Waals surface area contributed by atoms with Crippen molar-refractivity contribution in [2.45, 2.75) is 24.8 Å². The van der Waals surface area contributed by atoms with E-state index in [1.807, 2.05) is 6.07 Å². The normalized spacial score (nSPS) is 16.3. The van der Waals surface area contributed by atoms with Crippen LogP contribution < -0.4 is 15.4 Å². The molecule has 5 N–H and O–H groups in total. The van der Waals surface area contributed by atoms with Crippen LogP contribution in [0.3, 0.4) is 0 Å². The number of nitrogens with one attached hydrogen (secondary N) is 1. The van der Waals surface area contributed by atoms with Crippen molar-refractivity contribution < 1.29 is 17.9 Å². The molecule has 0 radical (unpaired) electrons. The number of pyridine rings is 1. The lowest BCUT2D eigenvalue weighted by atomic mass is 10.1. The van der Waals surface area contributed by atoms with Gasteiger partial charge in [0.2, 0.25) is 5.95 Å². The first-order valence-corrected chi connectivity index (χ1v) is 11.1. The molecule has 33 heavy (non-hydrogen) atoms. The Morgan fingerprint density at radius 2 is 2.00 bits per heavy atom. The van der Waals surface area contributed by atoms with Crippen molar-refractivity contribution in [1.82, 2.24) is 15.0 Å². The molecule has 1 aliphatic heterocycles. The third kappa shape index (κ3) is 3.93. The topological polar surface area (TPSA) is 144 Å². The van der Waals surface area contributed by atoms with E-state index in [0.717, 1.165) is 22.6 Å². The number of nitrogen functional groups attached to an aromatic ring is 1. The van der Waals surface area contributed by atoms with Gasteiger partial charge < -0.3 is 11.1 Å². The van der Waals surface area contributed by atoms with Crippen LogP contribution in [0.1, 0.15) is 23.7 Å². The summed E-state index contributed by atoms with van der Waals surface area (Å²) < 4.78 is 52.1. The minimum Gasteiger partial charge on any atom is -0.368 e. The largest absolute Gasteiger partial charge is 0.368 e. The van der Waals surface area contributed by atoms with Crippen molar-refractivity contribution >= 4 is 34.3 Å². The highest BCUT2D eigenvalue weighted by Crippen LogP contribution is 2.60. The minimum atomic E-state index is -3.98. The van der Waals surface area contributed by atoms with Gasteiger partial charge in [-0.1, -0.05) is 22.9 Å². The number of benzene rings is 1. The van der Waals surface area contributed by atoms with Gasteiger partial charge in [-0.25, -0.2) is 18.1 Å². The molecule has 1 aromatic carbocycles. The third-order valence-corrected chi connectivity index (χ3v) is 6.91. The molecule has 0 saturated carbocycles. The molecule has 3 heterocycles. The average molecular weight is 471 g/mol. The maximum absolute atomic E-state index is 14.7. The fraction of sp³-hybridized carbons (Fsp3) is 0.143. The van der Waals surface area contributed by atoms with Gasteiger partial charge in [0, 0.05) is 11.6 Å². The molecule has 1 aliphatic rings. The quantitative estimate of drug-likeness (QED) is 0.438. The number of nitrogens with two attached hydrogens (primary N) is 1. The number of anilines is 3. The number of nitriles is 1. The van der Waals surface area contributed by atoms with E-state index in [2.05, 4.69) is 20.3 Å². The molecular formula is C21H19F2N7O2S. The summed E-state index contributed by atoms with van der Waals surface area (Å²) in [7, 11) is -3.98. The summed E-state index contributed by atoms with van der Waals surface area (Å²) >= 11 is 0. The number of fused-ring (bicyclic) bond motifs is 1. The molecule has 12 heteroatoms. The second-order valence-electron chi connectivity index (χ2n) is 7.27. The molecule has 0 amide bonds. The zero-order valence-electron chi connectivity index (χ0n) is 17.5. The number of halogens is 2. The molecule has 0 unspecified atom stereocenters. The summed E-state index contributed by atoms with van der Waals surface area (Å²) in [6, 6.07) is 6.43. The molecule has 0 fully saturated rings. The van der Waals surface area contributed by atoms with Crippen molar-refractivity contribution in [3.8, 4) is 6.07 Å². The van der Waals surface area contributed by atoms with Gasteiger partial charge in [-0.15, -0.1) is 0 Å². The molecule has 9 nitrogen and oxygen atoms in total. The zero-order chi connectivity index (χ0) is 23.9. The Morgan fingerprint density at radius 3 is 2.70 bits per heavy atom. The first-order valence-electron chi connectivity index (χ1n) is 9.63. The molecule has 0 bridgehead atoms. The summed E-state index contributed by atoms with van der Waals surface area (Å²) in [4.78, 5) is 11.5. The van der Waals surface area contributed by atoms with E-state index in [9.17, 15) is 23.1 Å². The second-order valence-corrected chi connectivity index (χ2v) is 9.08. The summed E-state index contributed by atoms with van der Waals surface area (Å²) in [5.74, 6) is -1.45. The van der Waals surface area contributed by atoms with Crippen molar-refractivity contribution in [1.29, 1.82) is 5.26 Å². The van der Waals surface area contributed by atoms with Gasteiger partial charge in [0.25, 0.3) is 0 Å². The SMILES string of the molecule is Cc1nc(N)nc(N[C@@H](C)C2=Cc3cccc(F)c3S(O)(O)N2c2cncc(F)c2)c1C#N. The number of aromatic nitrogens is 3. The highest BCUT2D eigenvalue weighted by Gasteiger charge is 2.39. The standard InChI is InChI=1S/C21H19F2N7O2S/c1-11-16(8-24)20(29-21(25)28-11)27-12(2)18-6-13-4-3-5-17(23)19(13)33(31,32)30(18)15-7-14(22)9-26-10-15/h3-7,9-10,12,31-32H,1-2H3,(H3,25,27,28,29)/t12-/m0/s1. The van der Waals surface area contributed by atoms with Crippen LogP contribution in [0.4, 0.5) is 26.2 Å². The molecule has 0 saturated heterocycles. The predicted octanol–water partition coefficient (Wildman–Crippen LogP) is 4.30. The highest BCUT2D eigenvalue weighted by atomic mass is 32.3. The Morgan fingerprint density at radius 1 is 1.24 bits per heavy atom. The lowest BCUT2D eigenvalue weighted by molar-refractivity contribution is 0.471. The second kappa shape index (κ2) is 8.28. The van der Waals surface area contributed by atoms with Gasteiger partial charge in [-0.2, -0.15) is 10.2 Å². The fourth-order valence-corrected chi connectivity index (χ4v) is 5.46. The molecule has 1 atom stereocenters. The van der Waals surface area contributed by atoms with Gasteiger partial charge >= 0.3 is 0 Å². The zero-order valence-corrected chi connectivity index (χ0v) is 18.3. The van der Waals surface area contributed by atoms with Gasteiger partial charge in [0.05, 0.1) is 35.5 Å². The van der Waals surface area contributed by atoms with E-state index < -0.39 is 28.5 Å². The lowest BCUT2D eigenvalue weighted by Crippen LogP contribution is -2.38. The third-order valence-electron chi connectivity index (χ3n) is 5.00. The van der Waals surface area contributed by atoms with Crippen LogP contribution in [0.15, 0.2) is 47.3 Å². The van der Waals surface area contributed by atoms with Gasteiger partial charge in [0.1, 0.15) is 34.0 Å². The van der Waals surface area contributed by atoms with Crippen LogP contribution in [0, 0.1) is 29.9 Å². The number of aryl methyl sites for hydroxylation is 1. The van der Waals surface area contributed by atoms with E-state index in [4.69, 9.17) is 5.73 Å². The molecule has 0 aliphatic carbocycles. The Kier molecular flexibility index (Phi) is 5.62. The van der Waals surface area contributed by atoms with Gasteiger partial charge in [-0.05, 0) is 26.0 Å². The number of hydrogen-bond donors (Lipinski definition) is 4. The smallest absolute Gasteiger partial charge is 0.222 e. The number of nitrogens with zero attached hydrogens (tertiary/aromatic N) is 5. The van der Waals surface area contributed by atoms with Crippen LogP contribution in [0.2, 0.25) is 0 Å². The van der Waals surface area contributed by atoms with Gasteiger partial charge in [-0.3, -0.25) is 14.1 Å². The van der Waals surface area contributed by atoms with Crippen LogP contribution in [0.5, 0.6) is 0 Å². The molecular weight excluding hydrogens is 452 g/mol. The Hall–Kier alpha value is -3.79. The molecule has 2 aromatic heterocycles. The van der Waals surface area contributed by atoms with E-state index in [1.165, 1.54) is 18.3 Å². The maximum atomic E-state index is 14.7. The monoisotopic (exact) mass is 471 g/mol. The number of rotatable bonds is 4. The van der Waals surface area contributed by atoms with Crippen LogP contribution in [-0.4, -0.2) is 30.1 Å². The molecule has 170 valence electrons. The Balaban J connectivity index is 1.88. The molecule has 3 aromatic rings.